The van der Waals surface area contributed by atoms with Gasteiger partial charge in [-0.15, -0.1) is 5.10 Å². The van der Waals surface area contributed by atoms with Crippen LogP contribution >= 0.6 is 11.6 Å². The Morgan fingerprint density at radius 2 is 1.95 bits per heavy atom. The number of carbonyl (C=O) groups is 3. The van der Waals surface area contributed by atoms with Crippen molar-refractivity contribution >= 4 is 40.6 Å². The summed E-state index contributed by atoms with van der Waals surface area (Å²) in [5.41, 5.74) is 5.79. The van der Waals surface area contributed by atoms with E-state index in [2.05, 4.69) is 20.8 Å². The molecule has 3 N–H and O–H groups in total. The largest absolute Gasteiger partial charge is 0.366 e. The third-order valence-corrected chi connectivity index (χ3v) is 6.89. The summed E-state index contributed by atoms with van der Waals surface area (Å²) in [5.74, 6) is -3.44. The van der Waals surface area contributed by atoms with Crippen molar-refractivity contribution in [3.63, 3.8) is 0 Å². The number of fused-ring (bicyclic) bond motifs is 1. The Kier molecular flexibility index (Phi) is 6.42. The molecule has 3 heterocycles. The molecule has 0 aliphatic carbocycles. The number of carbonyl (C=O) groups excluding carboxylic acids is 3. The fourth-order valence-corrected chi connectivity index (χ4v) is 5.06. The van der Waals surface area contributed by atoms with Gasteiger partial charge in [0, 0.05) is 23.4 Å². The van der Waals surface area contributed by atoms with Gasteiger partial charge < -0.3 is 16.0 Å². The lowest BCUT2D eigenvalue weighted by Gasteiger charge is -2.27. The van der Waals surface area contributed by atoms with Crippen LogP contribution in [0.1, 0.15) is 41.6 Å². The van der Waals surface area contributed by atoms with Gasteiger partial charge in [0.15, 0.2) is 5.82 Å². The second-order valence-corrected chi connectivity index (χ2v) is 9.17. The van der Waals surface area contributed by atoms with E-state index in [-0.39, 0.29) is 27.9 Å². The Labute approximate surface area is 214 Å². The first kappa shape index (κ1) is 24.5. The van der Waals surface area contributed by atoms with Gasteiger partial charge in [0.05, 0.1) is 16.3 Å². The number of tetrazole rings is 1. The normalized spacial score (nSPS) is 19.3. The number of rotatable bonds is 5. The van der Waals surface area contributed by atoms with Crippen LogP contribution in [0.2, 0.25) is 5.02 Å². The van der Waals surface area contributed by atoms with Gasteiger partial charge in [-0.1, -0.05) is 11.6 Å². The maximum Gasteiger partial charge on any atom is 0.251 e. The number of primary amides is 1. The minimum atomic E-state index is -0.925. The van der Waals surface area contributed by atoms with Crippen molar-refractivity contribution < 1.29 is 23.2 Å². The summed E-state index contributed by atoms with van der Waals surface area (Å²) in [6.45, 7) is 0. The van der Waals surface area contributed by atoms with Crippen molar-refractivity contribution in [1.29, 1.82) is 0 Å². The van der Waals surface area contributed by atoms with Gasteiger partial charge in [-0.05, 0) is 72.0 Å². The van der Waals surface area contributed by atoms with Crippen LogP contribution in [0.25, 0.3) is 11.3 Å². The van der Waals surface area contributed by atoms with Gasteiger partial charge in [-0.25, -0.2) is 8.78 Å². The number of nitrogens with two attached hydrogens (primary N) is 1. The highest BCUT2D eigenvalue weighted by Crippen LogP contribution is 2.38. The molecular weight excluding hydrogens is 508 g/mol. The second-order valence-electron chi connectivity index (χ2n) is 8.76. The predicted octanol–water partition coefficient (Wildman–Crippen LogP) is 2.87. The molecule has 2 atom stereocenters. The topological polar surface area (TPSA) is 136 Å². The average Bonchev–Trinajstić information content (AvgIpc) is 3.51. The number of amides is 3. The highest BCUT2D eigenvalue weighted by Gasteiger charge is 2.41. The fourth-order valence-electron chi connectivity index (χ4n) is 4.90. The predicted molar refractivity (Wildman–Crippen MR) is 129 cm³/mol. The Morgan fingerprint density at radius 1 is 1.14 bits per heavy atom. The van der Waals surface area contributed by atoms with Crippen molar-refractivity contribution in [2.24, 2.45) is 5.73 Å². The van der Waals surface area contributed by atoms with Crippen LogP contribution in [0, 0.1) is 11.6 Å². The fraction of sp³-hybridized carbons (Fsp3) is 0.250. The molecule has 0 radical (unpaired) electrons. The number of anilines is 1. The molecule has 13 heteroatoms. The Balaban J connectivity index is 1.43. The molecule has 1 aromatic heterocycles. The molecule has 2 aliphatic rings. The summed E-state index contributed by atoms with van der Waals surface area (Å²) in [6, 6.07) is 5.42. The van der Waals surface area contributed by atoms with Gasteiger partial charge in [0.1, 0.15) is 18.2 Å². The van der Waals surface area contributed by atoms with E-state index in [1.807, 2.05) is 0 Å². The first-order chi connectivity index (χ1) is 17.7. The molecule has 3 aromatic rings. The van der Waals surface area contributed by atoms with Gasteiger partial charge in [-0.2, -0.15) is 4.68 Å². The van der Waals surface area contributed by atoms with Crippen molar-refractivity contribution in [3.05, 3.63) is 70.5 Å². The van der Waals surface area contributed by atoms with Gasteiger partial charge in [0.2, 0.25) is 11.8 Å². The third kappa shape index (κ3) is 4.55. The molecule has 37 heavy (non-hydrogen) atoms. The van der Waals surface area contributed by atoms with Gasteiger partial charge >= 0.3 is 0 Å². The maximum atomic E-state index is 15.2. The number of allylic oxidation sites excluding steroid dienone is 1. The summed E-state index contributed by atoms with van der Waals surface area (Å²) in [5, 5.41) is 13.5. The van der Waals surface area contributed by atoms with E-state index in [0.717, 1.165) is 6.07 Å². The molecule has 3 amide bonds. The average molecular weight is 528 g/mol. The summed E-state index contributed by atoms with van der Waals surface area (Å²) in [4.78, 5) is 39.2. The molecule has 190 valence electrons. The van der Waals surface area contributed by atoms with E-state index in [4.69, 9.17) is 17.3 Å². The summed E-state index contributed by atoms with van der Waals surface area (Å²) >= 11 is 6.06. The van der Waals surface area contributed by atoms with Gasteiger partial charge in [0.25, 0.3) is 5.91 Å². The van der Waals surface area contributed by atoms with Crippen molar-refractivity contribution in [1.82, 2.24) is 25.1 Å². The second kappa shape index (κ2) is 9.69. The van der Waals surface area contributed by atoms with Crippen LogP contribution in [0.5, 0.6) is 0 Å². The molecule has 0 bridgehead atoms. The summed E-state index contributed by atoms with van der Waals surface area (Å²) < 4.78 is 30.7. The number of hydrogen-bond acceptors (Lipinski definition) is 6. The lowest BCUT2D eigenvalue weighted by atomic mass is 9.96. The molecule has 5 rings (SSSR count). The zero-order valence-electron chi connectivity index (χ0n) is 19.2. The maximum absolute atomic E-state index is 15.2. The number of halogens is 3. The standard InChI is InChI=1S/C24H20ClF2N7O3/c25-16-6-8-18(33-11-29-31-32-33)21(22(16)27)12-1-3-14-4-7-19(34(14)20(35)9-12)24(37)30-13-2-5-15(23(28)36)17(26)10-13/h2,5-6,8-11,14,19H,1,3-4,7H2,(H2,28,36)(H,30,37)/t14-,19-/m0/s1. The van der Waals surface area contributed by atoms with E-state index in [9.17, 15) is 18.8 Å². The highest BCUT2D eigenvalue weighted by atomic mass is 35.5. The molecule has 1 saturated heterocycles. The molecule has 0 unspecified atom stereocenters. The third-order valence-electron chi connectivity index (χ3n) is 6.60. The summed E-state index contributed by atoms with van der Waals surface area (Å²) in [6.07, 6.45) is 4.45. The van der Waals surface area contributed by atoms with Crippen LogP contribution in [-0.2, 0) is 9.59 Å². The zero-order valence-corrected chi connectivity index (χ0v) is 20.0. The Bertz CT molecular complexity index is 1440. The van der Waals surface area contributed by atoms with Crippen molar-refractivity contribution in [2.45, 2.75) is 37.8 Å². The quantitative estimate of drug-likeness (QED) is 0.523. The minimum Gasteiger partial charge on any atom is -0.366 e. The molecule has 0 spiro atoms. The highest BCUT2D eigenvalue weighted by molar-refractivity contribution is 6.31. The van der Waals surface area contributed by atoms with Crippen LogP contribution in [0.15, 0.2) is 42.7 Å². The molecule has 0 saturated carbocycles. The van der Waals surface area contributed by atoms with Crippen LogP contribution in [-0.4, -0.2) is 54.9 Å². The lowest BCUT2D eigenvalue weighted by molar-refractivity contribution is -0.134. The molecule has 10 nitrogen and oxygen atoms in total. The van der Waals surface area contributed by atoms with E-state index < -0.39 is 35.4 Å². The number of nitrogens with one attached hydrogen (secondary N) is 1. The Morgan fingerprint density at radius 3 is 2.65 bits per heavy atom. The number of benzene rings is 2. The minimum absolute atomic E-state index is 0.111. The molecule has 2 aliphatic heterocycles. The van der Waals surface area contributed by atoms with Gasteiger partial charge in [-0.3, -0.25) is 14.4 Å². The van der Waals surface area contributed by atoms with E-state index in [1.165, 1.54) is 40.2 Å². The van der Waals surface area contributed by atoms with E-state index in [0.29, 0.717) is 36.9 Å². The SMILES string of the molecule is NC(=O)c1ccc(NC(=O)[C@@H]2CC[C@@H]3CCC(c4c(-n5cnnn5)ccc(Cl)c4F)=CC(=O)N32)cc1F. The Hall–Kier alpha value is -4.19. The number of hydrogen-bond donors (Lipinski definition) is 2. The number of aromatic nitrogens is 4. The molecular formula is C24H20ClF2N7O3. The lowest BCUT2D eigenvalue weighted by Crippen LogP contribution is -2.45. The smallest absolute Gasteiger partial charge is 0.251 e. The van der Waals surface area contributed by atoms with Crippen molar-refractivity contribution in [3.8, 4) is 5.69 Å². The van der Waals surface area contributed by atoms with E-state index >= 15 is 4.39 Å². The molecule has 2 aromatic carbocycles. The van der Waals surface area contributed by atoms with Crippen LogP contribution in [0.3, 0.4) is 0 Å². The van der Waals surface area contributed by atoms with Crippen LogP contribution in [0.4, 0.5) is 14.5 Å². The monoisotopic (exact) mass is 527 g/mol. The number of nitrogens with zero attached hydrogens (tertiary/aromatic N) is 5. The summed E-state index contributed by atoms with van der Waals surface area (Å²) in [7, 11) is 0. The van der Waals surface area contributed by atoms with Crippen molar-refractivity contribution in [2.75, 3.05) is 5.32 Å². The van der Waals surface area contributed by atoms with E-state index in [1.54, 1.807) is 6.07 Å². The first-order valence-corrected chi connectivity index (χ1v) is 11.8. The zero-order chi connectivity index (χ0) is 26.3. The molecule has 1 fully saturated rings. The van der Waals surface area contributed by atoms with Crippen LogP contribution < -0.4 is 11.1 Å². The first-order valence-electron chi connectivity index (χ1n) is 11.4.